The zero-order valence-electron chi connectivity index (χ0n) is 20.2. The maximum Gasteiger partial charge on any atom is 0.240 e. The van der Waals surface area contributed by atoms with Gasteiger partial charge in [-0.1, -0.05) is 18.2 Å². The molecule has 2 heterocycles. The number of carbonyl (C=O) groups excluding carboxylic acids is 2. The van der Waals surface area contributed by atoms with Gasteiger partial charge in [0, 0.05) is 30.9 Å². The van der Waals surface area contributed by atoms with E-state index in [-0.39, 0.29) is 36.7 Å². The minimum Gasteiger partial charge on any atom is -0.492 e. The average molecular weight is 477 g/mol. The number of amides is 2. The fourth-order valence-electron chi connectivity index (χ4n) is 5.18. The first kappa shape index (κ1) is 23.1. The van der Waals surface area contributed by atoms with Gasteiger partial charge in [0.05, 0.1) is 11.1 Å². The summed E-state index contributed by atoms with van der Waals surface area (Å²) in [6, 6.07) is 13.5. The molecule has 0 radical (unpaired) electrons. The lowest BCUT2D eigenvalue weighted by atomic mass is 9.92. The zero-order valence-corrected chi connectivity index (χ0v) is 20.2. The van der Waals surface area contributed by atoms with Crippen LogP contribution in [0.4, 0.5) is 10.1 Å². The van der Waals surface area contributed by atoms with E-state index in [0.29, 0.717) is 25.1 Å². The van der Waals surface area contributed by atoms with E-state index in [1.54, 1.807) is 17.0 Å². The molecule has 7 nitrogen and oxygen atoms in total. The van der Waals surface area contributed by atoms with Crippen LogP contribution in [-0.2, 0) is 23.1 Å². The summed E-state index contributed by atoms with van der Waals surface area (Å²) in [6.07, 6.45) is 1.35. The Hall–Kier alpha value is -3.68. The van der Waals surface area contributed by atoms with E-state index < -0.39 is 5.41 Å². The number of aromatic nitrogens is 2. The minimum atomic E-state index is -0.701. The third-order valence-corrected chi connectivity index (χ3v) is 7.32. The van der Waals surface area contributed by atoms with Crippen molar-refractivity contribution in [2.24, 2.45) is 12.5 Å². The van der Waals surface area contributed by atoms with Crippen LogP contribution in [-0.4, -0.2) is 41.3 Å². The number of rotatable bonds is 8. The van der Waals surface area contributed by atoms with Gasteiger partial charge in [-0.25, -0.2) is 4.39 Å². The number of nitrogens with one attached hydrogen (secondary N) is 1. The highest BCUT2D eigenvalue weighted by molar-refractivity contribution is 6.07. The number of hydrogen-bond acceptors (Lipinski definition) is 4. The maximum absolute atomic E-state index is 13.6. The monoisotopic (exact) mass is 476 g/mol. The molecule has 182 valence electrons. The molecule has 2 aliphatic rings. The van der Waals surface area contributed by atoms with Crippen molar-refractivity contribution < 1.29 is 18.7 Å². The molecule has 1 saturated carbocycles. The van der Waals surface area contributed by atoms with Gasteiger partial charge in [0.15, 0.2) is 0 Å². The maximum atomic E-state index is 13.6. The number of nitrogens with zero attached hydrogens (tertiary/aromatic N) is 3. The molecule has 1 aliphatic heterocycles. The highest BCUT2D eigenvalue weighted by Crippen LogP contribution is 2.65. The lowest BCUT2D eigenvalue weighted by Gasteiger charge is -2.33. The first-order valence-electron chi connectivity index (χ1n) is 11.8. The topological polar surface area (TPSA) is 76.5 Å². The minimum absolute atomic E-state index is 0.0497. The number of carbonyl (C=O) groups is 2. The highest BCUT2D eigenvalue weighted by Gasteiger charge is 2.66. The van der Waals surface area contributed by atoms with Crippen molar-refractivity contribution in [3.63, 3.8) is 0 Å². The molecule has 1 fully saturated rings. The lowest BCUT2D eigenvalue weighted by molar-refractivity contribution is -0.128. The van der Waals surface area contributed by atoms with Crippen molar-refractivity contribution in [1.29, 1.82) is 0 Å². The van der Waals surface area contributed by atoms with Crippen LogP contribution < -0.4 is 15.0 Å². The molecule has 1 aliphatic carbocycles. The molecule has 35 heavy (non-hydrogen) atoms. The number of benzene rings is 2. The zero-order chi connectivity index (χ0) is 24.7. The number of ether oxygens (including phenoxy) is 1. The largest absolute Gasteiger partial charge is 0.492 e. The van der Waals surface area contributed by atoms with Crippen LogP contribution >= 0.6 is 0 Å². The van der Waals surface area contributed by atoms with Crippen molar-refractivity contribution in [3.8, 4) is 5.75 Å². The molecule has 2 aromatic carbocycles. The molecule has 0 spiro atoms. The summed E-state index contributed by atoms with van der Waals surface area (Å²) >= 11 is 0. The molecule has 0 bridgehead atoms. The van der Waals surface area contributed by atoms with E-state index >= 15 is 0 Å². The Morgan fingerprint density at radius 1 is 1.20 bits per heavy atom. The van der Waals surface area contributed by atoms with Crippen molar-refractivity contribution in [1.82, 2.24) is 15.1 Å². The van der Waals surface area contributed by atoms with E-state index in [4.69, 9.17) is 4.74 Å². The fraction of sp³-hybridized carbons (Fsp3) is 0.370. The number of aryl methyl sites for hydroxylation is 2. The van der Waals surface area contributed by atoms with Gasteiger partial charge in [-0.05, 0) is 68.1 Å². The van der Waals surface area contributed by atoms with Gasteiger partial charge < -0.3 is 15.0 Å². The molecule has 2 amide bonds. The quantitative estimate of drug-likeness (QED) is 0.541. The Balaban J connectivity index is 1.27. The third-order valence-electron chi connectivity index (χ3n) is 7.32. The summed E-state index contributed by atoms with van der Waals surface area (Å²) in [6.45, 7) is 4.59. The van der Waals surface area contributed by atoms with E-state index in [1.165, 1.54) is 12.1 Å². The first-order chi connectivity index (χ1) is 16.8. The second-order valence-electron chi connectivity index (χ2n) is 9.48. The van der Waals surface area contributed by atoms with Crippen molar-refractivity contribution in [3.05, 3.63) is 76.9 Å². The summed E-state index contributed by atoms with van der Waals surface area (Å²) in [5, 5.41) is 7.38. The standard InChI is InChI=1S/C27H29FN4O3/c1-17-21(18(2)31(3)30-17)12-13-29-25(33)15-32-24-7-5-4-6-22(24)23-14-27(23,26(32)34)16-35-20-10-8-19(28)9-11-20/h4-11,23H,12-16H2,1-3H3,(H,29,33)/t23-,27+/m0/s1. The number of para-hydroxylation sites is 1. The molecule has 5 rings (SSSR count). The molecule has 8 heteroatoms. The second-order valence-corrected chi connectivity index (χ2v) is 9.48. The predicted molar refractivity (Wildman–Crippen MR) is 130 cm³/mol. The van der Waals surface area contributed by atoms with E-state index in [1.807, 2.05) is 49.8 Å². The summed E-state index contributed by atoms with van der Waals surface area (Å²) in [7, 11) is 1.91. The SMILES string of the molecule is Cc1nn(C)c(C)c1CCNC(=O)CN1C(=O)[C@@]2(COc3ccc(F)cc3)C[C@H]2c2ccccc21. The highest BCUT2D eigenvalue weighted by atomic mass is 19.1. The van der Waals surface area contributed by atoms with Crippen LogP contribution in [0.2, 0.25) is 0 Å². The second kappa shape index (κ2) is 8.83. The van der Waals surface area contributed by atoms with Crippen molar-refractivity contribution >= 4 is 17.5 Å². The fourth-order valence-corrected chi connectivity index (χ4v) is 5.18. The summed E-state index contributed by atoms with van der Waals surface area (Å²) in [5.41, 5.74) is 4.31. The van der Waals surface area contributed by atoms with Crippen molar-refractivity contribution in [2.75, 3.05) is 24.6 Å². The molecule has 3 aromatic rings. The Kier molecular flexibility index (Phi) is 5.83. The van der Waals surface area contributed by atoms with Gasteiger partial charge >= 0.3 is 0 Å². The number of hydrogen-bond donors (Lipinski definition) is 1. The predicted octanol–water partition coefficient (Wildman–Crippen LogP) is 3.43. The molecule has 0 unspecified atom stereocenters. The Labute approximate surface area is 203 Å². The smallest absolute Gasteiger partial charge is 0.240 e. The number of fused-ring (bicyclic) bond motifs is 3. The number of halogens is 1. The summed E-state index contributed by atoms with van der Waals surface area (Å²) in [4.78, 5) is 28.1. The molecule has 0 saturated heterocycles. The van der Waals surface area contributed by atoms with Gasteiger partial charge in [-0.15, -0.1) is 0 Å². The van der Waals surface area contributed by atoms with Gasteiger partial charge in [-0.2, -0.15) is 5.10 Å². The number of anilines is 1. The summed E-state index contributed by atoms with van der Waals surface area (Å²) in [5.74, 6) is -0.0714. The van der Waals surface area contributed by atoms with Crippen LogP contribution in [0.3, 0.4) is 0 Å². The van der Waals surface area contributed by atoms with Gasteiger partial charge in [0.1, 0.15) is 24.7 Å². The van der Waals surface area contributed by atoms with Crippen molar-refractivity contribution in [2.45, 2.75) is 32.6 Å². The van der Waals surface area contributed by atoms with Crippen LogP contribution in [0.1, 0.15) is 34.9 Å². The molecular weight excluding hydrogens is 447 g/mol. The van der Waals surface area contributed by atoms with E-state index in [2.05, 4.69) is 10.4 Å². The van der Waals surface area contributed by atoms with E-state index in [0.717, 1.165) is 28.2 Å². The third kappa shape index (κ3) is 4.17. The van der Waals surface area contributed by atoms with Crippen LogP contribution in [0, 0.1) is 25.1 Å². The Bertz CT molecular complexity index is 1290. The molecule has 2 atom stereocenters. The van der Waals surface area contributed by atoms with Crippen LogP contribution in [0.25, 0.3) is 0 Å². The van der Waals surface area contributed by atoms with Gasteiger partial charge in [0.25, 0.3) is 0 Å². The lowest BCUT2D eigenvalue weighted by Crippen LogP contribution is -2.48. The first-order valence-corrected chi connectivity index (χ1v) is 11.8. The van der Waals surface area contributed by atoms with Gasteiger partial charge in [-0.3, -0.25) is 14.3 Å². The molecular formula is C27H29FN4O3. The average Bonchev–Trinajstić information content (AvgIpc) is 3.54. The Morgan fingerprint density at radius 2 is 1.94 bits per heavy atom. The normalized spacial score (nSPS) is 20.3. The molecule has 1 N–H and O–H groups in total. The summed E-state index contributed by atoms with van der Waals surface area (Å²) < 4.78 is 21.0. The van der Waals surface area contributed by atoms with E-state index in [9.17, 15) is 14.0 Å². The van der Waals surface area contributed by atoms with Crippen LogP contribution in [0.15, 0.2) is 48.5 Å². The van der Waals surface area contributed by atoms with Crippen LogP contribution in [0.5, 0.6) is 5.75 Å². The molecule has 1 aromatic heterocycles. The van der Waals surface area contributed by atoms with Gasteiger partial charge in [0.2, 0.25) is 11.8 Å². The Morgan fingerprint density at radius 3 is 2.66 bits per heavy atom.